The molecule has 1 aliphatic heterocycles. The van der Waals surface area contributed by atoms with E-state index in [9.17, 15) is 0 Å². The maximum atomic E-state index is 6.22. The van der Waals surface area contributed by atoms with E-state index in [1.165, 1.54) is 0 Å². The predicted octanol–water partition coefficient (Wildman–Crippen LogP) is 4.64. The van der Waals surface area contributed by atoms with E-state index >= 15 is 0 Å². The number of rotatable bonds is 3. The molecule has 0 fully saturated rings. The predicted molar refractivity (Wildman–Crippen MR) is 87.9 cm³/mol. The molecule has 2 aromatic carbocycles. The number of hydrogen-bond donors (Lipinski definition) is 1. The first-order valence-electron chi connectivity index (χ1n) is 6.39. The highest BCUT2D eigenvalue weighted by molar-refractivity contribution is 7.98. The molecule has 0 aliphatic carbocycles. The van der Waals surface area contributed by atoms with E-state index in [4.69, 9.17) is 38.4 Å². The Balaban J connectivity index is 1.77. The second-order valence-electron chi connectivity index (χ2n) is 4.58. The first kappa shape index (κ1) is 14.7. The van der Waals surface area contributed by atoms with Gasteiger partial charge in [-0.25, -0.2) is 0 Å². The minimum Gasteiger partial charge on any atom is -0.486 e. The molecule has 1 heterocycles. The third-order valence-electron chi connectivity index (χ3n) is 3.01. The zero-order valence-corrected chi connectivity index (χ0v) is 13.4. The molecule has 110 valence electrons. The van der Waals surface area contributed by atoms with Gasteiger partial charge in [0.1, 0.15) is 13.2 Å². The van der Waals surface area contributed by atoms with Gasteiger partial charge in [0.05, 0.1) is 10.0 Å². The molecule has 0 aromatic heterocycles. The quantitative estimate of drug-likeness (QED) is 0.652. The van der Waals surface area contributed by atoms with Gasteiger partial charge in [0.15, 0.2) is 11.5 Å². The van der Waals surface area contributed by atoms with Crippen LogP contribution in [0.4, 0.5) is 5.69 Å². The second-order valence-corrected chi connectivity index (χ2v) is 6.41. The minimum atomic E-state index is 0.530. The topological polar surface area (TPSA) is 44.5 Å². The lowest BCUT2D eigenvalue weighted by Gasteiger charge is -2.20. The normalized spacial score (nSPS) is 13.2. The fraction of sp³-hybridized carbons (Fsp3) is 0.200. The van der Waals surface area contributed by atoms with E-state index in [0.29, 0.717) is 40.4 Å². The SMILES string of the molecule is Nc1ccc(SCc2cc(Cl)c3c(c2)OCCO3)c(Cl)c1. The Kier molecular flexibility index (Phi) is 4.38. The first-order chi connectivity index (χ1) is 10.1. The van der Waals surface area contributed by atoms with Crippen molar-refractivity contribution >= 4 is 40.7 Å². The molecule has 3 rings (SSSR count). The van der Waals surface area contributed by atoms with Crippen molar-refractivity contribution in [2.24, 2.45) is 0 Å². The number of hydrogen-bond acceptors (Lipinski definition) is 4. The Bertz CT molecular complexity index is 679. The van der Waals surface area contributed by atoms with Crippen molar-refractivity contribution in [3.05, 3.63) is 45.9 Å². The van der Waals surface area contributed by atoms with Crippen LogP contribution in [0.5, 0.6) is 11.5 Å². The van der Waals surface area contributed by atoms with Crippen LogP contribution in [0.1, 0.15) is 5.56 Å². The van der Waals surface area contributed by atoms with Crippen molar-refractivity contribution in [2.45, 2.75) is 10.6 Å². The molecule has 1 aliphatic rings. The molecule has 0 atom stereocenters. The summed E-state index contributed by atoms with van der Waals surface area (Å²) >= 11 is 14.0. The summed E-state index contributed by atoms with van der Waals surface area (Å²) in [6, 6.07) is 9.36. The van der Waals surface area contributed by atoms with Gasteiger partial charge in [-0.2, -0.15) is 0 Å². The summed E-state index contributed by atoms with van der Waals surface area (Å²) in [5, 5.41) is 1.23. The van der Waals surface area contributed by atoms with Gasteiger partial charge in [-0.1, -0.05) is 23.2 Å². The van der Waals surface area contributed by atoms with Crippen LogP contribution in [0.15, 0.2) is 35.2 Å². The Morgan fingerprint density at radius 3 is 2.67 bits per heavy atom. The third-order valence-corrected chi connectivity index (χ3v) is 4.86. The highest BCUT2D eigenvalue weighted by atomic mass is 35.5. The van der Waals surface area contributed by atoms with Crippen LogP contribution in [-0.4, -0.2) is 13.2 Å². The van der Waals surface area contributed by atoms with Crippen molar-refractivity contribution in [1.82, 2.24) is 0 Å². The van der Waals surface area contributed by atoms with Gasteiger partial charge in [-0.3, -0.25) is 0 Å². The van der Waals surface area contributed by atoms with Crippen molar-refractivity contribution in [2.75, 3.05) is 18.9 Å². The van der Waals surface area contributed by atoms with Gasteiger partial charge in [0.2, 0.25) is 0 Å². The zero-order chi connectivity index (χ0) is 14.8. The molecule has 0 unspecified atom stereocenters. The number of benzene rings is 2. The number of ether oxygens (including phenoxy) is 2. The molecule has 21 heavy (non-hydrogen) atoms. The maximum Gasteiger partial charge on any atom is 0.179 e. The summed E-state index contributed by atoms with van der Waals surface area (Å²) in [5.41, 5.74) is 7.41. The van der Waals surface area contributed by atoms with Gasteiger partial charge >= 0.3 is 0 Å². The van der Waals surface area contributed by atoms with Gasteiger partial charge < -0.3 is 15.2 Å². The monoisotopic (exact) mass is 341 g/mol. The van der Waals surface area contributed by atoms with E-state index in [1.807, 2.05) is 24.3 Å². The number of fused-ring (bicyclic) bond motifs is 1. The van der Waals surface area contributed by atoms with Crippen LogP contribution in [0.3, 0.4) is 0 Å². The average Bonchev–Trinajstić information content (AvgIpc) is 2.46. The molecule has 6 heteroatoms. The lowest BCUT2D eigenvalue weighted by Crippen LogP contribution is -2.15. The number of halogens is 2. The van der Waals surface area contributed by atoms with Crippen LogP contribution < -0.4 is 15.2 Å². The van der Waals surface area contributed by atoms with E-state index < -0.39 is 0 Å². The van der Waals surface area contributed by atoms with Crippen molar-refractivity contribution in [1.29, 1.82) is 0 Å². The molecule has 0 saturated carbocycles. The molecule has 2 aromatic rings. The number of anilines is 1. The molecule has 2 N–H and O–H groups in total. The Hall–Kier alpha value is -1.23. The molecular weight excluding hydrogens is 329 g/mol. The van der Waals surface area contributed by atoms with Gasteiger partial charge in [0, 0.05) is 16.3 Å². The Morgan fingerprint density at radius 1 is 1.05 bits per heavy atom. The van der Waals surface area contributed by atoms with Gasteiger partial charge in [-0.15, -0.1) is 11.8 Å². The van der Waals surface area contributed by atoms with E-state index in [0.717, 1.165) is 16.2 Å². The highest BCUT2D eigenvalue weighted by Crippen LogP contribution is 2.40. The fourth-order valence-corrected chi connectivity index (χ4v) is 3.53. The van der Waals surface area contributed by atoms with Crippen molar-refractivity contribution in [3.63, 3.8) is 0 Å². The standard InChI is InChI=1S/C15H13Cl2NO2S/c16-11-7-10(18)1-2-14(11)21-8-9-5-12(17)15-13(6-9)19-3-4-20-15/h1-2,5-7H,3-4,8,18H2. The number of nitrogen functional groups attached to an aromatic ring is 1. The molecule has 3 nitrogen and oxygen atoms in total. The van der Waals surface area contributed by atoms with Crippen LogP contribution in [-0.2, 0) is 5.75 Å². The largest absolute Gasteiger partial charge is 0.486 e. The maximum absolute atomic E-state index is 6.22. The van der Waals surface area contributed by atoms with E-state index in [1.54, 1.807) is 17.8 Å². The Labute approximate surface area is 137 Å². The molecule has 0 saturated heterocycles. The average molecular weight is 342 g/mol. The number of nitrogens with two attached hydrogens (primary N) is 1. The minimum absolute atomic E-state index is 0.530. The molecule has 0 spiro atoms. The summed E-state index contributed by atoms with van der Waals surface area (Å²) in [6.45, 7) is 1.07. The summed E-state index contributed by atoms with van der Waals surface area (Å²) in [7, 11) is 0. The lowest BCUT2D eigenvalue weighted by atomic mass is 10.2. The number of thioether (sulfide) groups is 1. The summed E-state index contributed by atoms with van der Waals surface area (Å²) in [4.78, 5) is 0.983. The molecule has 0 bridgehead atoms. The van der Waals surface area contributed by atoms with Gasteiger partial charge in [0.25, 0.3) is 0 Å². The lowest BCUT2D eigenvalue weighted by molar-refractivity contribution is 0.171. The molecule has 0 amide bonds. The fourth-order valence-electron chi connectivity index (χ4n) is 2.04. The van der Waals surface area contributed by atoms with Crippen LogP contribution in [0.25, 0.3) is 0 Å². The van der Waals surface area contributed by atoms with Crippen molar-refractivity contribution in [3.8, 4) is 11.5 Å². The van der Waals surface area contributed by atoms with Crippen LogP contribution in [0.2, 0.25) is 10.0 Å². The zero-order valence-electron chi connectivity index (χ0n) is 11.1. The van der Waals surface area contributed by atoms with Crippen LogP contribution >= 0.6 is 35.0 Å². The van der Waals surface area contributed by atoms with Crippen molar-refractivity contribution < 1.29 is 9.47 Å². The Morgan fingerprint density at radius 2 is 1.86 bits per heavy atom. The van der Waals surface area contributed by atoms with Gasteiger partial charge in [-0.05, 0) is 35.9 Å². The first-order valence-corrected chi connectivity index (χ1v) is 8.13. The van der Waals surface area contributed by atoms with E-state index in [-0.39, 0.29) is 0 Å². The smallest absolute Gasteiger partial charge is 0.179 e. The third kappa shape index (κ3) is 3.34. The highest BCUT2D eigenvalue weighted by Gasteiger charge is 2.16. The molecular formula is C15H13Cl2NO2S. The summed E-state index contributed by atoms with van der Waals surface area (Å²) < 4.78 is 11.1. The second kappa shape index (κ2) is 6.26. The molecule has 0 radical (unpaired) electrons. The van der Waals surface area contributed by atoms with E-state index in [2.05, 4.69) is 0 Å². The van der Waals surface area contributed by atoms with Crippen LogP contribution in [0, 0.1) is 0 Å². The summed E-state index contributed by atoms with van der Waals surface area (Å²) in [5.74, 6) is 2.06. The summed E-state index contributed by atoms with van der Waals surface area (Å²) in [6.07, 6.45) is 0.